The van der Waals surface area contributed by atoms with E-state index in [9.17, 15) is 22.0 Å². The summed E-state index contributed by atoms with van der Waals surface area (Å²) in [7, 11) is 0.527. The third-order valence-electron chi connectivity index (χ3n) is 3.19. The van der Waals surface area contributed by atoms with E-state index in [1.54, 1.807) is 6.55 Å². The Balaban J connectivity index is 2.75. The molecule has 0 aliphatic rings. The van der Waals surface area contributed by atoms with Crippen LogP contribution in [0, 0.1) is 23.3 Å². The predicted molar refractivity (Wildman–Crippen MR) is 69.8 cm³/mol. The highest BCUT2D eigenvalue weighted by molar-refractivity contribution is 6.65. The number of halogens is 5. The van der Waals surface area contributed by atoms with Crippen molar-refractivity contribution in [3.05, 3.63) is 29.3 Å². The number of benzene rings is 1. The van der Waals surface area contributed by atoms with Crippen LogP contribution in [0.4, 0.5) is 27.7 Å². The lowest BCUT2D eigenvalue weighted by Crippen LogP contribution is -2.36. The van der Waals surface area contributed by atoms with Crippen molar-refractivity contribution < 1.29 is 30.9 Å². The molecule has 120 valence electrons. The second kappa shape index (κ2) is 7.19. The van der Waals surface area contributed by atoms with Crippen LogP contribution in [0.5, 0.6) is 0 Å². The Morgan fingerprint density at radius 1 is 1.05 bits per heavy atom. The Hall–Kier alpha value is -1.19. The van der Waals surface area contributed by atoms with Crippen molar-refractivity contribution in [1.29, 1.82) is 0 Å². The maximum atomic E-state index is 13.7. The lowest BCUT2D eigenvalue weighted by Gasteiger charge is -2.23. The zero-order chi connectivity index (χ0) is 16.2. The van der Waals surface area contributed by atoms with Gasteiger partial charge in [0, 0.05) is 20.3 Å². The molecule has 0 amide bonds. The SMILES string of the molecule is CO[Si](C)(CCCN(F)c1cc(F)c(F)c(F)c1F)OC. The van der Waals surface area contributed by atoms with Gasteiger partial charge in [-0.2, -0.15) is 0 Å². The molecule has 0 heterocycles. The van der Waals surface area contributed by atoms with Crippen LogP contribution >= 0.6 is 0 Å². The molecule has 21 heavy (non-hydrogen) atoms. The molecular formula is C12H16F5NO2Si. The van der Waals surface area contributed by atoms with Crippen LogP contribution in [0.1, 0.15) is 6.42 Å². The summed E-state index contributed by atoms with van der Waals surface area (Å²) < 4.78 is 76.3. The summed E-state index contributed by atoms with van der Waals surface area (Å²) in [6.07, 6.45) is 0.209. The smallest absolute Gasteiger partial charge is 0.334 e. The first-order valence-corrected chi connectivity index (χ1v) is 8.64. The number of hydrogen-bond acceptors (Lipinski definition) is 3. The van der Waals surface area contributed by atoms with E-state index in [-0.39, 0.29) is 24.2 Å². The molecule has 0 aliphatic carbocycles. The fourth-order valence-electron chi connectivity index (χ4n) is 1.68. The van der Waals surface area contributed by atoms with Gasteiger partial charge in [-0.05, 0) is 19.0 Å². The van der Waals surface area contributed by atoms with Gasteiger partial charge >= 0.3 is 8.56 Å². The topological polar surface area (TPSA) is 21.7 Å². The van der Waals surface area contributed by atoms with Crippen LogP contribution < -0.4 is 5.12 Å². The van der Waals surface area contributed by atoms with Crippen molar-refractivity contribution in [2.24, 2.45) is 0 Å². The van der Waals surface area contributed by atoms with E-state index in [0.29, 0.717) is 6.04 Å². The van der Waals surface area contributed by atoms with Gasteiger partial charge < -0.3 is 8.85 Å². The van der Waals surface area contributed by atoms with Gasteiger partial charge in [-0.1, -0.05) is 4.48 Å². The summed E-state index contributed by atoms with van der Waals surface area (Å²) in [5.41, 5.74) is -0.982. The van der Waals surface area contributed by atoms with E-state index < -0.39 is 37.5 Å². The van der Waals surface area contributed by atoms with Gasteiger partial charge in [-0.15, -0.1) is 0 Å². The lowest BCUT2D eigenvalue weighted by atomic mass is 10.2. The molecule has 1 aromatic rings. The second-order valence-electron chi connectivity index (χ2n) is 4.55. The summed E-state index contributed by atoms with van der Waals surface area (Å²) in [6.45, 7) is 1.42. The molecule has 0 atom stereocenters. The summed E-state index contributed by atoms with van der Waals surface area (Å²) in [4.78, 5) is 0. The maximum Gasteiger partial charge on any atom is 0.334 e. The normalized spacial score (nSPS) is 11.8. The van der Waals surface area contributed by atoms with Crippen molar-refractivity contribution in [2.45, 2.75) is 19.0 Å². The Morgan fingerprint density at radius 3 is 2.14 bits per heavy atom. The van der Waals surface area contributed by atoms with Crippen molar-refractivity contribution in [3.63, 3.8) is 0 Å². The Morgan fingerprint density at radius 2 is 1.62 bits per heavy atom. The standard InChI is InChI=1S/C12H16F5NO2Si/c1-19-21(3,20-2)6-4-5-18(17)9-7-8(13)10(14)12(16)11(9)15/h7H,4-6H2,1-3H3. The molecular weight excluding hydrogens is 313 g/mol. The molecule has 0 unspecified atom stereocenters. The maximum absolute atomic E-state index is 13.7. The van der Waals surface area contributed by atoms with Crippen LogP contribution in [0.3, 0.4) is 0 Å². The number of rotatable bonds is 7. The van der Waals surface area contributed by atoms with E-state index in [0.717, 1.165) is 0 Å². The zero-order valence-corrected chi connectivity index (χ0v) is 12.9. The lowest BCUT2D eigenvalue weighted by molar-refractivity contribution is 0.248. The van der Waals surface area contributed by atoms with Crippen LogP contribution in [0.25, 0.3) is 0 Å². The van der Waals surface area contributed by atoms with E-state index in [1.165, 1.54) is 14.2 Å². The molecule has 1 rings (SSSR count). The van der Waals surface area contributed by atoms with E-state index in [2.05, 4.69) is 0 Å². The van der Waals surface area contributed by atoms with Crippen LogP contribution in [0.2, 0.25) is 12.6 Å². The monoisotopic (exact) mass is 329 g/mol. The third-order valence-corrected chi connectivity index (χ3v) is 6.18. The van der Waals surface area contributed by atoms with Gasteiger partial charge in [-0.3, -0.25) is 0 Å². The summed E-state index contributed by atoms with van der Waals surface area (Å²) >= 11 is 0. The van der Waals surface area contributed by atoms with Gasteiger partial charge in [0.15, 0.2) is 23.3 Å². The minimum absolute atomic E-state index is 0.166. The average molecular weight is 329 g/mol. The molecule has 0 aromatic heterocycles. The van der Waals surface area contributed by atoms with Gasteiger partial charge in [-0.25, -0.2) is 22.7 Å². The first-order chi connectivity index (χ1) is 9.75. The fraction of sp³-hybridized carbons (Fsp3) is 0.500. The van der Waals surface area contributed by atoms with Crippen molar-refractivity contribution in [3.8, 4) is 0 Å². The van der Waals surface area contributed by atoms with Gasteiger partial charge in [0.25, 0.3) is 0 Å². The molecule has 0 spiro atoms. The van der Waals surface area contributed by atoms with Crippen LogP contribution in [0.15, 0.2) is 6.07 Å². The molecule has 1 aromatic carbocycles. The third kappa shape index (κ3) is 4.14. The van der Waals surface area contributed by atoms with Crippen molar-refractivity contribution in [2.75, 3.05) is 25.9 Å². The molecule has 0 saturated heterocycles. The molecule has 9 heteroatoms. The first-order valence-electron chi connectivity index (χ1n) is 6.12. The van der Waals surface area contributed by atoms with Gasteiger partial charge in [0.2, 0.25) is 0 Å². The Labute approximate surface area is 120 Å². The zero-order valence-electron chi connectivity index (χ0n) is 11.9. The average Bonchev–Trinajstić information content (AvgIpc) is 2.48. The molecule has 0 fully saturated rings. The minimum Gasteiger partial charge on any atom is -0.398 e. The van der Waals surface area contributed by atoms with E-state index in [4.69, 9.17) is 8.85 Å². The van der Waals surface area contributed by atoms with E-state index in [1.807, 2.05) is 0 Å². The predicted octanol–water partition coefficient (Wildman–Crippen LogP) is 3.69. The van der Waals surface area contributed by atoms with Crippen LogP contribution in [-0.4, -0.2) is 29.3 Å². The molecule has 0 bridgehead atoms. The van der Waals surface area contributed by atoms with E-state index >= 15 is 0 Å². The van der Waals surface area contributed by atoms with Crippen molar-refractivity contribution >= 4 is 14.2 Å². The summed E-state index contributed by atoms with van der Waals surface area (Å²) in [5, 5.41) is -0.166. The molecule has 0 N–H and O–H groups in total. The Kier molecular flexibility index (Phi) is 6.11. The highest BCUT2D eigenvalue weighted by atomic mass is 28.4. The molecule has 0 radical (unpaired) electrons. The number of anilines is 1. The first kappa shape index (κ1) is 17.9. The highest BCUT2D eigenvalue weighted by Crippen LogP contribution is 2.27. The summed E-state index contributed by atoms with van der Waals surface area (Å²) in [5.74, 6) is -7.43. The quantitative estimate of drug-likeness (QED) is 0.250. The molecule has 0 aliphatic heterocycles. The largest absolute Gasteiger partial charge is 0.398 e. The van der Waals surface area contributed by atoms with Crippen LogP contribution in [-0.2, 0) is 8.85 Å². The minimum atomic E-state index is -2.40. The number of hydrogen-bond donors (Lipinski definition) is 0. The summed E-state index contributed by atoms with van der Waals surface area (Å²) in [6, 6.07) is 0.672. The highest BCUT2D eigenvalue weighted by Gasteiger charge is 2.29. The number of nitrogens with zero attached hydrogens (tertiary/aromatic N) is 1. The Bertz CT molecular complexity index is 499. The van der Waals surface area contributed by atoms with Crippen molar-refractivity contribution in [1.82, 2.24) is 0 Å². The van der Waals surface area contributed by atoms with Gasteiger partial charge in [0.05, 0.1) is 6.54 Å². The van der Waals surface area contributed by atoms with Gasteiger partial charge in [0.1, 0.15) is 5.69 Å². The fourth-order valence-corrected chi connectivity index (χ4v) is 3.06. The molecule has 3 nitrogen and oxygen atoms in total. The second-order valence-corrected chi connectivity index (χ2v) is 8.13. The molecule has 0 saturated carbocycles.